The summed E-state index contributed by atoms with van der Waals surface area (Å²) < 4.78 is 13.6. The Labute approximate surface area is 130 Å². The molecule has 0 aromatic heterocycles. The summed E-state index contributed by atoms with van der Waals surface area (Å²) in [6, 6.07) is 3.75. The Hall–Kier alpha value is -1.43. The van der Waals surface area contributed by atoms with E-state index in [1.54, 1.807) is 6.92 Å². The molecule has 2 atom stereocenters. The monoisotopic (exact) mass is 357 g/mol. The van der Waals surface area contributed by atoms with Crippen molar-refractivity contribution in [1.82, 2.24) is 5.32 Å². The fourth-order valence-electron chi connectivity index (χ4n) is 2.74. The molecule has 1 aliphatic carbocycles. The maximum absolute atomic E-state index is 13.5. The van der Waals surface area contributed by atoms with E-state index in [-0.39, 0.29) is 10.0 Å². The quantitative estimate of drug-likeness (QED) is 0.871. The van der Waals surface area contributed by atoms with Crippen molar-refractivity contribution >= 4 is 27.8 Å². The van der Waals surface area contributed by atoms with E-state index in [9.17, 15) is 19.1 Å². The molecule has 2 N–H and O–H groups in total. The van der Waals surface area contributed by atoms with Gasteiger partial charge in [-0.2, -0.15) is 0 Å². The van der Waals surface area contributed by atoms with E-state index < -0.39 is 29.2 Å². The summed E-state index contributed by atoms with van der Waals surface area (Å²) in [7, 11) is 0. The zero-order valence-corrected chi connectivity index (χ0v) is 13.2. The lowest BCUT2D eigenvalue weighted by atomic mass is 9.71. The van der Waals surface area contributed by atoms with Gasteiger partial charge in [0.05, 0.1) is 15.5 Å². The highest BCUT2D eigenvalue weighted by molar-refractivity contribution is 9.10. The van der Waals surface area contributed by atoms with Crippen LogP contribution in [0, 0.1) is 11.2 Å². The summed E-state index contributed by atoms with van der Waals surface area (Å²) in [4.78, 5) is 23.8. The topological polar surface area (TPSA) is 66.4 Å². The fraction of sp³-hybridized carbons (Fsp3) is 0.467. The SMILES string of the molecule is CC1(C(=O)O)CCCCC1NC(=O)c1cccc(F)c1Br. The molecule has 0 bridgehead atoms. The number of halogens is 2. The van der Waals surface area contributed by atoms with E-state index >= 15 is 0 Å². The van der Waals surface area contributed by atoms with Crippen molar-refractivity contribution in [2.75, 3.05) is 0 Å². The Morgan fingerprint density at radius 2 is 2.14 bits per heavy atom. The van der Waals surface area contributed by atoms with Crippen LogP contribution in [0.25, 0.3) is 0 Å². The predicted molar refractivity (Wildman–Crippen MR) is 79.6 cm³/mol. The Bertz CT molecular complexity index is 578. The first kappa shape index (κ1) is 15.9. The molecule has 6 heteroatoms. The van der Waals surface area contributed by atoms with Crippen LogP contribution < -0.4 is 5.32 Å². The summed E-state index contributed by atoms with van der Waals surface area (Å²) >= 11 is 3.05. The van der Waals surface area contributed by atoms with Gasteiger partial charge in [-0.3, -0.25) is 9.59 Å². The largest absolute Gasteiger partial charge is 0.481 e. The van der Waals surface area contributed by atoms with Gasteiger partial charge in [0.25, 0.3) is 5.91 Å². The second-order valence-electron chi connectivity index (χ2n) is 5.60. The number of rotatable bonds is 3. The van der Waals surface area contributed by atoms with Gasteiger partial charge < -0.3 is 10.4 Å². The maximum atomic E-state index is 13.5. The molecule has 1 aromatic rings. The molecule has 0 spiro atoms. The molecule has 1 aromatic carbocycles. The molecule has 2 unspecified atom stereocenters. The number of carboxylic acids is 1. The normalized spacial score (nSPS) is 25.4. The lowest BCUT2D eigenvalue weighted by Gasteiger charge is -2.38. The standard InChI is InChI=1S/C15H17BrFNO3/c1-15(14(20)21)8-3-2-7-11(15)18-13(19)9-5-4-6-10(17)12(9)16/h4-6,11H,2-3,7-8H2,1H3,(H,18,19)(H,20,21). The number of hydrogen-bond donors (Lipinski definition) is 2. The predicted octanol–water partition coefficient (Wildman–Crippen LogP) is 3.35. The summed E-state index contributed by atoms with van der Waals surface area (Å²) in [5.74, 6) is -1.89. The van der Waals surface area contributed by atoms with Crippen LogP contribution >= 0.6 is 15.9 Å². The highest BCUT2D eigenvalue weighted by Gasteiger charge is 2.44. The van der Waals surface area contributed by atoms with Crippen molar-refractivity contribution in [3.63, 3.8) is 0 Å². The third-order valence-corrected chi connectivity index (χ3v) is 5.00. The van der Waals surface area contributed by atoms with Gasteiger partial charge in [0.15, 0.2) is 0 Å². The van der Waals surface area contributed by atoms with Crippen molar-refractivity contribution < 1.29 is 19.1 Å². The third kappa shape index (κ3) is 3.10. The van der Waals surface area contributed by atoms with Crippen molar-refractivity contribution in [3.8, 4) is 0 Å². The van der Waals surface area contributed by atoms with Gasteiger partial charge in [0.1, 0.15) is 5.82 Å². The van der Waals surface area contributed by atoms with E-state index in [0.717, 1.165) is 12.8 Å². The molecule has 0 heterocycles. The molecule has 0 radical (unpaired) electrons. The van der Waals surface area contributed by atoms with Gasteiger partial charge in [-0.05, 0) is 47.8 Å². The molecule has 0 saturated heterocycles. The number of carbonyl (C=O) groups excluding carboxylic acids is 1. The summed E-state index contributed by atoms with van der Waals surface area (Å²) in [6.45, 7) is 1.65. The number of carboxylic acid groups (broad SMARTS) is 1. The molecule has 1 saturated carbocycles. The van der Waals surface area contributed by atoms with Crippen LogP contribution in [0.5, 0.6) is 0 Å². The van der Waals surface area contributed by atoms with E-state index in [1.165, 1.54) is 18.2 Å². The molecule has 1 aliphatic rings. The van der Waals surface area contributed by atoms with E-state index in [4.69, 9.17) is 0 Å². The molecule has 2 rings (SSSR count). The van der Waals surface area contributed by atoms with Gasteiger partial charge in [0.2, 0.25) is 0 Å². The van der Waals surface area contributed by atoms with E-state index in [0.29, 0.717) is 12.8 Å². The highest BCUT2D eigenvalue weighted by atomic mass is 79.9. The van der Waals surface area contributed by atoms with Crippen molar-refractivity contribution in [2.24, 2.45) is 5.41 Å². The fourth-order valence-corrected chi connectivity index (χ4v) is 3.18. The number of aliphatic carboxylic acids is 1. The van der Waals surface area contributed by atoms with Crippen LogP contribution in [0.3, 0.4) is 0 Å². The number of benzene rings is 1. The first-order valence-electron chi connectivity index (χ1n) is 6.84. The Balaban J connectivity index is 2.21. The van der Waals surface area contributed by atoms with Crippen molar-refractivity contribution in [1.29, 1.82) is 0 Å². The Morgan fingerprint density at radius 3 is 2.81 bits per heavy atom. The van der Waals surface area contributed by atoms with Gasteiger partial charge in [0, 0.05) is 6.04 Å². The van der Waals surface area contributed by atoms with Gasteiger partial charge >= 0.3 is 5.97 Å². The Morgan fingerprint density at radius 1 is 1.43 bits per heavy atom. The number of amides is 1. The van der Waals surface area contributed by atoms with Crippen LogP contribution in [0.2, 0.25) is 0 Å². The van der Waals surface area contributed by atoms with Crippen LogP contribution in [-0.4, -0.2) is 23.0 Å². The number of hydrogen-bond acceptors (Lipinski definition) is 2. The summed E-state index contributed by atoms with van der Waals surface area (Å²) in [5, 5.41) is 12.2. The molecule has 114 valence electrons. The van der Waals surface area contributed by atoms with Crippen LogP contribution in [-0.2, 0) is 4.79 Å². The summed E-state index contributed by atoms with van der Waals surface area (Å²) in [5.41, 5.74) is -0.804. The molecule has 4 nitrogen and oxygen atoms in total. The highest BCUT2D eigenvalue weighted by Crippen LogP contribution is 2.36. The lowest BCUT2D eigenvalue weighted by Crippen LogP contribution is -2.52. The molecule has 21 heavy (non-hydrogen) atoms. The number of nitrogens with one attached hydrogen (secondary N) is 1. The van der Waals surface area contributed by atoms with Crippen LogP contribution in [0.4, 0.5) is 4.39 Å². The Kier molecular flexibility index (Phi) is 4.66. The van der Waals surface area contributed by atoms with E-state index in [1.807, 2.05) is 0 Å². The van der Waals surface area contributed by atoms with Gasteiger partial charge in [-0.1, -0.05) is 18.9 Å². The van der Waals surface area contributed by atoms with Crippen molar-refractivity contribution in [2.45, 2.75) is 38.6 Å². The van der Waals surface area contributed by atoms with Gasteiger partial charge in [-0.15, -0.1) is 0 Å². The minimum Gasteiger partial charge on any atom is -0.481 e. The first-order chi connectivity index (χ1) is 9.86. The van der Waals surface area contributed by atoms with Crippen LogP contribution in [0.1, 0.15) is 43.0 Å². The average molecular weight is 358 g/mol. The smallest absolute Gasteiger partial charge is 0.311 e. The molecular weight excluding hydrogens is 341 g/mol. The van der Waals surface area contributed by atoms with Crippen LogP contribution in [0.15, 0.2) is 22.7 Å². The molecule has 1 amide bonds. The minimum absolute atomic E-state index is 0.0929. The minimum atomic E-state index is -0.978. The number of carbonyl (C=O) groups is 2. The molecule has 1 fully saturated rings. The first-order valence-corrected chi connectivity index (χ1v) is 7.64. The zero-order chi connectivity index (χ0) is 15.6. The average Bonchev–Trinajstić information content (AvgIpc) is 2.44. The van der Waals surface area contributed by atoms with E-state index in [2.05, 4.69) is 21.2 Å². The third-order valence-electron chi connectivity index (χ3n) is 4.20. The maximum Gasteiger partial charge on any atom is 0.311 e. The van der Waals surface area contributed by atoms with Crippen molar-refractivity contribution in [3.05, 3.63) is 34.1 Å². The van der Waals surface area contributed by atoms with Gasteiger partial charge in [-0.25, -0.2) is 4.39 Å². The second-order valence-corrected chi connectivity index (χ2v) is 6.39. The molecule has 0 aliphatic heterocycles. The second kappa shape index (κ2) is 6.13. The lowest BCUT2D eigenvalue weighted by molar-refractivity contribution is -0.151. The molecular formula is C15H17BrFNO3. The zero-order valence-electron chi connectivity index (χ0n) is 11.7. The summed E-state index contributed by atoms with van der Waals surface area (Å²) in [6.07, 6.45) is 2.84.